The number of urea groups is 1. The van der Waals surface area contributed by atoms with E-state index in [-0.39, 0.29) is 12.1 Å². The molecule has 1 aliphatic rings. The summed E-state index contributed by atoms with van der Waals surface area (Å²) in [5.74, 6) is 0.605. The van der Waals surface area contributed by atoms with Crippen molar-refractivity contribution in [3.8, 4) is 5.88 Å². The van der Waals surface area contributed by atoms with Gasteiger partial charge in [0.15, 0.2) is 0 Å². The van der Waals surface area contributed by atoms with E-state index in [0.717, 1.165) is 39.0 Å². The van der Waals surface area contributed by atoms with Crippen LogP contribution < -0.4 is 4.74 Å². The zero-order chi connectivity index (χ0) is 14.4. The van der Waals surface area contributed by atoms with E-state index in [1.807, 2.05) is 23.6 Å². The molecule has 6 heteroatoms. The number of rotatable bonds is 4. The van der Waals surface area contributed by atoms with Crippen molar-refractivity contribution in [1.82, 2.24) is 19.8 Å². The molecule has 1 aromatic rings. The van der Waals surface area contributed by atoms with Crippen LogP contribution in [0.1, 0.15) is 26.7 Å². The largest absolute Gasteiger partial charge is 0.474 e. The predicted octanol–water partition coefficient (Wildman–Crippen LogP) is 1.78. The Labute approximate surface area is 119 Å². The number of aromatic nitrogens is 2. The van der Waals surface area contributed by atoms with Gasteiger partial charge in [-0.1, -0.05) is 0 Å². The van der Waals surface area contributed by atoms with Gasteiger partial charge in [-0.3, -0.25) is 0 Å². The van der Waals surface area contributed by atoms with E-state index in [0.29, 0.717) is 5.88 Å². The first kappa shape index (κ1) is 14.6. The van der Waals surface area contributed by atoms with E-state index in [2.05, 4.69) is 9.97 Å². The molecule has 0 aromatic carbocycles. The number of amides is 2. The number of ether oxygens (including phenoxy) is 1. The quantitative estimate of drug-likeness (QED) is 0.842. The number of piperidine rings is 1. The summed E-state index contributed by atoms with van der Waals surface area (Å²) in [6, 6.07) is 1.89. The Morgan fingerprint density at radius 2 is 2.10 bits per heavy atom. The molecule has 1 aromatic heterocycles. The number of hydrogen-bond acceptors (Lipinski definition) is 4. The van der Waals surface area contributed by atoms with E-state index in [4.69, 9.17) is 4.74 Å². The summed E-state index contributed by atoms with van der Waals surface area (Å²) < 4.78 is 5.79. The summed E-state index contributed by atoms with van der Waals surface area (Å²) in [7, 11) is 0. The Bertz CT molecular complexity index is 414. The second-order valence-corrected chi connectivity index (χ2v) is 4.81. The third-order valence-corrected chi connectivity index (χ3v) is 3.59. The average molecular weight is 278 g/mol. The maximum absolute atomic E-state index is 12.2. The minimum Gasteiger partial charge on any atom is -0.474 e. The van der Waals surface area contributed by atoms with Crippen LogP contribution in [0.25, 0.3) is 0 Å². The first-order valence-electron chi connectivity index (χ1n) is 7.21. The highest BCUT2D eigenvalue weighted by Gasteiger charge is 2.26. The molecule has 0 spiro atoms. The molecule has 0 radical (unpaired) electrons. The van der Waals surface area contributed by atoms with E-state index in [9.17, 15) is 4.79 Å². The lowest BCUT2D eigenvalue weighted by Gasteiger charge is -2.35. The maximum Gasteiger partial charge on any atom is 0.319 e. The van der Waals surface area contributed by atoms with Gasteiger partial charge in [0, 0.05) is 51.3 Å². The Kier molecular flexibility index (Phi) is 5.15. The first-order valence-corrected chi connectivity index (χ1v) is 7.21. The number of nitrogens with zero attached hydrogens (tertiary/aromatic N) is 4. The summed E-state index contributed by atoms with van der Waals surface area (Å²) >= 11 is 0. The molecule has 0 atom stereocenters. The van der Waals surface area contributed by atoms with Gasteiger partial charge in [0.05, 0.1) is 0 Å². The smallest absolute Gasteiger partial charge is 0.319 e. The summed E-state index contributed by atoms with van der Waals surface area (Å²) in [4.78, 5) is 23.9. The Hall–Kier alpha value is -1.85. The Morgan fingerprint density at radius 3 is 2.65 bits per heavy atom. The van der Waals surface area contributed by atoms with E-state index in [1.54, 1.807) is 12.3 Å². The molecular weight excluding hydrogens is 256 g/mol. The fraction of sp³-hybridized carbons (Fsp3) is 0.643. The van der Waals surface area contributed by atoms with Gasteiger partial charge in [-0.05, 0) is 13.8 Å². The van der Waals surface area contributed by atoms with Gasteiger partial charge in [0.2, 0.25) is 5.88 Å². The lowest BCUT2D eigenvalue weighted by molar-refractivity contribution is 0.0935. The molecule has 0 N–H and O–H groups in total. The van der Waals surface area contributed by atoms with Gasteiger partial charge < -0.3 is 14.5 Å². The van der Waals surface area contributed by atoms with Crippen molar-refractivity contribution in [3.05, 3.63) is 18.6 Å². The van der Waals surface area contributed by atoms with Crippen LogP contribution in [0.4, 0.5) is 4.79 Å². The third-order valence-electron chi connectivity index (χ3n) is 3.59. The molecule has 6 nitrogen and oxygen atoms in total. The SMILES string of the molecule is CCN(CC)C(=O)N1CCC(Oc2ccncn2)CC1. The average Bonchev–Trinajstić information content (AvgIpc) is 2.50. The van der Waals surface area contributed by atoms with Crippen molar-refractivity contribution in [1.29, 1.82) is 0 Å². The topological polar surface area (TPSA) is 58.6 Å². The molecule has 2 heterocycles. The van der Waals surface area contributed by atoms with Crippen molar-refractivity contribution >= 4 is 6.03 Å². The van der Waals surface area contributed by atoms with Crippen molar-refractivity contribution in [2.45, 2.75) is 32.8 Å². The Morgan fingerprint density at radius 1 is 1.40 bits per heavy atom. The van der Waals surface area contributed by atoms with E-state index in [1.165, 1.54) is 6.33 Å². The zero-order valence-electron chi connectivity index (χ0n) is 12.2. The molecule has 0 unspecified atom stereocenters. The fourth-order valence-corrected chi connectivity index (χ4v) is 2.38. The van der Waals surface area contributed by atoms with Gasteiger partial charge >= 0.3 is 6.03 Å². The summed E-state index contributed by atoms with van der Waals surface area (Å²) in [5.41, 5.74) is 0. The molecule has 0 saturated carbocycles. The van der Waals surface area contributed by atoms with Crippen LogP contribution in [-0.2, 0) is 0 Å². The molecule has 0 bridgehead atoms. The number of carbonyl (C=O) groups excluding carboxylic acids is 1. The van der Waals surface area contributed by atoms with Crippen LogP contribution in [0.2, 0.25) is 0 Å². The molecule has 0 aliphatic carbocycles. The second-order valence-electron chi connectivity index (χ2n) is 4.81. The molecular formula is C14H22N4O2. The zero-order valence-corrected chi connectivity index (χ0v) is 12.2. The number of likely N-dealkylation sites (tertiary alicyclic amines) is 1. The van der Waals surface area contributed by atoms with E-state index < -0.39 is 0 Å². The van der Waals surface area contributed by atoms with Crippen LogP contribution in [-0.4, -0.2) is 58.1 Å². The molecule has 1 saturated heterocycles. The summed E-state index contributed by atoms with van der Waals surface area (Å²) in [6.45, 7) is 7.01. The summed E-state index contributed by atoms with van der Waals surface area (Å²) in [6.07, 6.45) is 4.97. The third kappa shape index (κ3) is 3.59. The molecule has 2 rings (SSSR count). The monoisotopic (exact) mass is 278 g/mol. The maximum atomic E-state index is 12.2. The normalized spacial score (nSPS) is 16.0. The standard InChI is InChI=1S/C14H22N4O2/c1-3-17(4-2)14(19)18-9-6-12(7-10-18)20-13-5-8-15-11-16-13/h5,8,11-12H,3-4,6-7,9-10H2,1-2H3. The van der Waals surface area contributed by atoms with Gasteiger partial charge in [-0.15, -0.1) is 0 Å². The van der Waals surface area contributed by atoms with Crippen LogP contribution in [0.3, 0.4) is 0 Å². The van der Waals surface area contributed by atoms with Gasteiger partial charge in [-0.25, -0.2) is 14.8 Å². The Balaban J connectivity index is 1.82. The minimum atomic E-state index is 0.130. The van der Waals surface area contributed by atoms with Crippen molar-refractivity contribution in [2.75, 3.05) is 26.2 Å². The molecule has 20 heavy (non-hydrogen) atoms. The molecule has 1 aliphatic heterocycles. The van der Waals surface area contributed by atoms with Crippen LogP contribution in [0, 0.1) is 0 Å². The lowest BCUT2D eigenvalue weighted by Crippen LogP contribution is -2.48. The van der Waals surface area contributed by atoms with Gasteiger partial charge in [0.1, 0.15) is 12.4 Å². The van der Waals surface area contributed by atoms with E-state index >= 15 is 0 Å². The van der Waals surface area contributed by atoms with Gasteiger partial charge in [-0.2, -0.15) is 0 Å². The molecule has 1 fully saturated rings. The van der Waals surface area contributed by atoms with Gasteiger partial charge in [0.25, 0.3) is 0 Å². The highest BCUT2D eigenvalue weighted by atomic mass is 16.5. The van der Waals surface area contributed by atoms with Crippen LogP contribution in [0.5, 0.6) is 5.88 Å². The van der Waals surface area contributed by atoms with Crippen molar-refractivity contribution in [3.63, 3.8) is 0 Å². The number of hydrogen-bond donors (Lipinski definition) is 0. The summed E-state index contributed by atoms with van der Waals surface area (Å²) in [5, 5.41) is 0. The van der Waals surface area contributed by atoms with Crippen LogP contribution in [0.15, 0.2) is 18.6 Å². The first-order chi connectivity index (χ1) is 9.74. The highest BCUT2D eigenvalue weighted by Crippen LogP contribution is 2.17. The minimum absolute atomic E-state index is 0.130. The number of carbonyl (C=O) groups is 1. The molecule has 2 amide bonds. The second kappa shape index (κ2) is 7.07. The lowest BCUT2D eigenvalue weighted by atomic mass is 10.1. The predicted molar refractivity (Wildman–Crippen MR) is 75.6 cm³/mol. The van der Waals surface area contributed by atoms with Crippen molar-refractivity contribution < 1.29 is 9.53 Å². The fourth-order valence-electron chi connectivity index (χ4n) is 2.38. The van der Waals surface area contributed by atoms with Crippen LogP contribution >= 0.6 is 0 Å². The van der Waals surface area contributed by atoms with Crippen molar-refractivity contribution in [2.24, 2.45) is 0 Å². The highest BCUT2D eigenvalue weighted by molar-refractivity contribution is 5.74. The molecule has 110 valence electrons.